The third-order valence-corrected chi connectivity index (χ3v) is 7.51. The zero-order valence-electron chi connectivity index (χ0n) is 43.1. The van der Waals surface area contributed by atoms with Gasteiger partial charge in [-0.1, -0.05) is 48.0 Å². The Kier molecular flexibility index (Phi) is 66.7. The third kappa shape index (κ3) is 88.0. The van der Waals surface area contributed by atoms with Crippen molar-refractivity contribution in [2.24, 2.45) is 0 Å². The van der Waals surface area contributed by atoms with Crippen LogP contribution in [-0.4, -0.2) is 176 Å². The second-order valence-electron chi connectivity index (χ2n) is 16.2. The second kappa shape index (κ2) is 55.6. The van der Waals surface area contributed by atoms with Crippen molar-refractivity contribution < 1.29 is 28.4 Å². The van der Waals surface area contributed by atoms with Crippen LogP contribution >= 0.6 is 0 Å². The number of unbranched alkanes of at least 4 members (excludes halogenated alkanes) is 1. The summed E-state index contributed by atoms with van der Waals surface area (Å²) in [5, 5.41) is 0. The van der Waals surface area contributed by atoms with Crippen LogP contribution in [0.1, 0.15) is 157 Å². The lowest BCUT2D eigenvalue weighted by molar-refractivity contribution is 0.0610. The average molecular weight is 827 g/mol. The summed E-state index contributed by atoms with van der Waals surface area (Å²) in [7, 11) is 8.25. The molecule has 0 aromatic carbocycles. The van der Waals surface area contributed by atoms with Crippen molar-refractivity contribution in [3.63, 3.8) is 0 Å². The van der Waals surface area contributed by atoms with Gasteiger partial charge in [-0.25, -0.2) is 0 Å². The average Bonchev–Trinajstić information content (AvgIpc) is 3.12. The molecule has 0 saturated carbocycles. The lowest BCUT2D eigenvalue weighted by atomic mass is 10.3. The van der Waals surface area contributed by atoms with E-state index in [2.05, 4.69) is 158 Å². The van der Waals surface area contributed by atoms with Crippen molar-refractivity contribution in [1.82, 2.24) is 19.6 Å². The van der Waals surface area contributed by atoms with Crippen molar-refractivity contribution in [3.05, 3.63) is 0 Å². The molecule has 0 aliphatic heterocycles. The highest BCUT2D eigenvalue weighted by Gasteiger charge is 2.00. The second-order valence-corrected chi connectivity index (χ2v) is 16.2. The molecular formula is C47H110N4O6. The molecule has 0 unspecified atom stereocenters. The van der Waals surface area contributed by atoms with Gasteiger partial charge in [0.1, 0.15) is 0 Å². The van der Waals surface area contributed by atoms with E-state index in [1.165, 1.54) is 19.4 Å². The van der Waals surface area contributed by atoms with E-state index in [-0.39, 0.29) is 0 Å². The van der Waals surface area contributed by atoms with Crippen LogP contribution in [0.5, 0.6) is 0 Å². The van der Waals surface area contributed by atoms with E-state index in [0.29, 0.717) is 36.6 Å². The number of likely N-dealkylation sites (N-methyl/N-ethyl adjacent to an activating group) is 2. The van der Waals surface area contributed by atoms with Gasteiger partial charge in [0.2, 0.25) is 0 Å². The molecule has 0 atom stereocenters. The minimum absolute atomic E-state index is 0.366. The molecule has 0 radical (unpaired) electrons. The standard InChI is InChI=1S/C10H23NO.C9H21NO.C8H19NO.C7H17NO.C7H16O.C6H14O/c1-5-11(6-2)8-7-9-12-10(3)4;1-5-10(6-2)7-8-11-9(3)4;1-8(2)10-7-5-6-9(3)4;1-7(2)9-6-5-8(3)4;1-4-5-6-8-7(2)3;1-4-5-7-6(2)3/h10H,5-9H2,1-4H3;9H,5-8H2,1-4H3;8H,5-7H2,1-4H3;7H,5-6H2,1-4H3;7H,4-6H2,1-3H3;6H,4-5H2,1-3H3. The lowest BCUT2D eigenvalue weighted by Crippen LogP contribution is -2.27. The first-order valence-electron chi connectivity index (χ1n) is 23.1. The highest BCUT2D eigenvalue weighted by molar-refractivity contribution is 4.52. The molecule has 0 saturated heterocycles. The van der Waals surface area contributed by atoms with Gasteiger partial charge < -0.3 is 48.0 Å². The first-order chi connectivity index (χ1) is 26.7. The summed E-state index contributed by atoms with van der Waals surface area (Å²) >= 11 is 0. The highest BCUT2D eigenvalue weighted by Crippen LogP contribution is 1.95. The van der Waals surface area contributed by atoms with Crippen molar-refractivity contribution in [2.45, 2.75) is 193 Å². The number of rotatable bonds is 29. The number of nitrogens with zero attached hydrogens (tertiary/aromatic N) is 4. The Labute approximate surface area is 360 Å². The smallest absolute Gasteiger partial charge is 0.0596 e. The maximum Gasteiger partial charge on any atom is 0.0596 e. The van der Waals surface area contributed by atoms with E-state index < -0.39 is 0 Å². The van der Waals surface area contributed by atoms with Gasteiger partial charge in [-0.2, -0.15) is 0 Å². The topological polar surface area (TPSA) is 68.3 Å². The summed E-state index contributed by atoms with van der Waals surface area (Å²) < 4.78 is 32.0. The molecule has 57 heavy (non-hydrogen) atoms. The molecule has 10 nitrogen and oxygen atoms in total. The normalized spacial score (nSPS) is 11.2. The fourth-order valence-corrected chi connectivity index (χ4v) is 4.09. The Morgan fingerprint density at radius 3 is 0.860 bits per heavy atom. The molecule has 0 aromatic heterocycles. The summed E-state index contributed by atoms with van der Waals surface area (Å²) in [5.74, 6) is 0. The molecule has 0 bridgehead atoms. The van der Waals surface area contributed by atoms with E-state index in [9.17, 15) is 0 Å². The summed E-state index contributed by atoms with van der Waals surface area (Å²) in [4.78, 5) is 9.07. The molecule has 10 heteroatoms. The van der Waals surface area contributed by atoms with Crippen LogP contribution < -0.4 is 0 Å². The van der Waals surface area contributed by atoms with E-state index in [0.717, 1.165) is 105 Å². The maximum absolute atomic E-state index is 5.45. The van der Waals surface area contributed by atoms with Gasteiger partial charge in [-0.05, 0) is 170 Å². The molecule has 0 aromatic rings. The van der Waals surface area contributed by atoms with E-state index >= 15 is 0 Å². The fraction of sp³-hybridized carbons (Fsp3) is 1.00. The summed E-state index contributed by atoms with van der Waals surface area (Å²) in [6.45, 7) is 52.0. The van der Waals surface area contributed by atoms with Crippen molar-refractivity contribution >= 4 is 0 Å². The Hall–Kier alpha value is -0.400. The first kappa shape index (κ1) is 68.3. The summed E-state index contributed by atoms with van der Waals surface area (Å²) in [6.07, 6.45) is 8.12. The molecule has 0 spiro atoms. The zero-order valence-corrected chi connectivity index (χ0v) is 43.1. The predicted octanol–water partition coefficient (Wildman–Crippen LogP) is 10.3. The minimum atomic E-state index is 0.366. The molecule has 0 amide bonds. The van der Waals surface area contributed by atoms with Crippen LogP contribution in [0.15, 0.2) is 0 Å². The number of ether oxygens (including phenoxy) is 6. The van der Waals surface area contributed by atoms with Gasteiger partial charge in [0.05, 0.1) is 49.8 Å². The van der Waals surface area contributed by atoms with Gasteiger partial charge >= 0.3 is 0 Å². The zero-order chi connectivity index (χ0) is 45.5. The van der Waals surface area contributed by atoms with Gasteiger partial charge in [0.25, 0.3) is 0 Å². The Morgan fingerprint density at radius 1 is 0.298 bits per heavy atom. The fourth-order valence-electron chi connectivity index (χ4n) is 4.09. The molecule has 0 aliphatic carbocycles. The van der Waals surface area contributed by atoms with Crippen LogP contribution in [0.3, 0.4) is 0 Å². The van der Waals surface area contributed by atoms with Crippen LogP contribution in [0.4, 0.5) is 0 Å². The van der Waals surface area contributed by atoms with E-state index in [1.54, 1.807) is 0 Å². The van der Waals surface area contributed by atoms with E-state index in [4.69, 9.17) is 28.4 Å². The monoisotopic (exact) mass is 827 g/mol. The molecule has 0 heterocycles. The molecule has 354 valence electrons. The molecule has 0 N–H and O–H groups in total. The predicted molar refractivity (Wildman–Crippen MR) is 254 cm³/mol. The largest absolute Gasteiger partial charge is 0.379 e. The van der Waals surface area contributed by atoms with Crippen LogP contribution in [0, 0.1) is 0 Å². The van der Waals surface area contributed by atoms with Crippen LogP contribution in [0.2, 0.25) is 0 Å². The maximum atomic E-state index is 5.45. The van der Waals surface area contributed by atoms with E-state index in [1.807, 2.05) is 14.1 Å². The SMILES string of the molecule is CC(C)OCCCN(C)C.CC(C)OCCN(C)C.CCCCOC(C)C.CCCOC(C)C.CCN(CC)CCCOC(C)C.CCN(CC)CCOC(C)C. The van der Waals surface area contributed by atoms with Gasteiger partial charge in [0.15, 0.2) is 0 Å². The van der Waals surface area contributed by atoms with Crippen LogP contribution in [0.25, 0.3) is 0 Å². The Balaban J connectivity index is -0.000000138. The third-order valence-electron chi connectivity index (χ3n) is 7.51. The summed E-state index contributed by atoms with van der Waals surface area (Å²) in [5.41, 5.74) is 0. The van der Waals surface area contributed by atoms with Crippen molar-refractivity contribution in [2.75, 3.05) is 120 Å². The first-order valence-corrected chi connectivity index (χ1v) is 23.1. The summed E-state index contributed by atoms with van der Waals surface area (Å²) in [6, 6.07) is 0. The van der Waals surface area contributed by atoms with Gasteiger partial charge in [-0.3, -0.25) is 0 Å². The number of hydrogen-bond acceptors (Lipinski definition) is 10. The van der Waals surface area contributed by atoms with Crippen molar-refractivity contribution in [1.29, 1.82) is 0 Å². The molecular weight excluding hydrogens is 717 g/mol. The Morgan fingerprint density at radius 2 is 0.579 bits per heavy atom. The lowest BCUT2D eigenvalue weighted by Gasteiger charge is -2.18. The Bertz CT molecular complexity index is 642. The molecule has 0 aliphatic rings. The number of hydrogen-bond donors (Lipinski definition) is 0. The quantitative estimate of drug-likeness (QED) is 0.0681. The molecule has 0 rings (SSSR count). The molecule has 0 fully saturated rings. The van der Waals surface area contributed by atoms with Gasteiger partial charge in [0, 0.05) is 46.1 Å². The van der Waals surface area contributed by atoms with Gasteiger partial charge in [-0.15, -0.1) is 0 Å². The van der Waals surface area contributed by atoms with Crippen molar-refractivity contribution in [3.8, 4) is 0 Å². The van der Waals surface area contributed by atoms with Crippen LogP contribution in [-0.2, 0) is 28.4 Å². The minimum Gasteiger partial charge on any atom is -0.379 e. The highest BCUT2D eigenvalue weighted by atomic mass is 16.5.